The molecule has 3 rings (SSSR count). The summed E-state index contributed by atoms with van der Waals surface area (Å²) in [4.78, 5) is 24.4. The van der Waals surface area contributed by atoms with Gasteiger partial charge in [0.25, 0.3) is 5.91 Å². The first kappa shape index (κ1) is 15.8. The lowest BCUT2D eigenvalue weighted by Gasteiger charge is -2.05. The maximum atomic E-state index is 12.6. The second kappa shape index (κ2) is 6.58. The van der Waals surface area contributed by atoms with E-state index < -0.39 is 0 Å². The van der Waals surface area contributed by atoms with Gasteiger partial charge in [0.2, 0.25) is 5.91 Å². The molecule has 0 saturated carbocycles. The van der Waals surface area contributed by atoms with E-state index in [1.54, 1.807) is 31.5 Å². The van der Waals surface area contributed by atoms with Crippen molar-refractivity contribution in [3.05, 3.63) is 65.9 Å². The quantitative estimate of drug-likeness (QED) is 0.802. The highest BCUT2D eigenvalue weighted by molar-refractivity contribution is 6.09. The summed E-state index contributed by atoms with van der Waals surface area (Å²) in [6.45, 7) is 1.89. The molecule has 0 atom stereocenters. The Labute approximate surface area is 139 Å². The summed E-state index contributed by atoms with van der Waals surface area (Å²) >= 11 is 0. The van der Waals surface area contributed by atoms with Crippen molar-refractivity contribution in [3.63, 3.8) is 0 Å². The van der Waals surface area contributed by atoms with Gasteiger partial charge in [-0.25, -0.2) is 0 Å². The van der Waals surface area contributed by atoms with E-state index in [1.165, 1.54) is 11.5 Å². The fourth-order valence-corrected chi connectivity index (χ4v) is 2.65. The number of carbonyl (C=O) groups is 2. The molecule has 0 saturated heterocycles. The van der Waals surface area contributed by atoms with Gasteiger partial charge in [-0.2, -0.15) is 0 Å². The van der Waals surface area contributed by atoms with Crippen LogP contribution in [0.4, 0.5) is 0 Å². The minimum Gasteiger partial charge on any atom is -0.497 e. The summed E-state index contributed by atoms with van der Waals surface area (Å²) in [6.07, 6.45) is 1.58. The van der Waals surface area contributed by atoms with E-state index in [0.717, 1.165) is 5.56 Å². The second-order valence-corrected chi connectivity index (χ2v) is 5.48. The molecule has 1 amide bonds. The molecule has 2 aromatic carbocycles. The lowest BCUT2D eigenvalue weighted by Crippen LogP contribution is -2.22. The molecule has 0 aliphatic rings. The first-order chi connectivity index (χ1) is 11.6. The van der Waals surface area contributed by atoms with Crippen molar-refractivity contribution in [2.24, 2.45) is 0 Å². The van der Waals surface area contributed by atoms with Crippen LogP contribution in [0.5, 0.6) is 5.75 Å². The maximum absolute atomic E-state index is 12.6. The summed E-state index contributed by atoms with van der Waals surface area (Å²) in [5.74, 6) is 0.269. The third-order valence-corrected chi connectivity index (χ3v) is 3.89. The molecule has 0 fully saturated rings. The van der Waals surface area contributed by atoms with Gasteiger partial charge in [-0.05, 0) is 23.8 Å². The molecule has 122 valence electrons. The molecule has 1 aromatic heterocycles. The number of carbonyl (C=O) groups excluding carboxylic acids is 2. The summed E-state index contributed by atoms with van der Waals surface area (Å²) in [6, 6.07) is 15.0. The molecule has 5 nitrogen and oxygen atoms in total. The van der Waals surface area contributed by atoms with Crippen molar-refractivity contribution < 1.29 is 14.3 Å². The molecule has 0 spiro atoms. The van der Waals surface area contributed by atoms with E-state index in [0.29, 0.717) is 28.8 Å². The Balaban J connectivity index is 1.95. The van der Waals surface area contributed by atoms with Gasteiger partial charge in [0.1, 0.15) is 5.75 Å². The van der Waals surface area contributed by atoms with Gasteiger partial charge < -0.3 is 10.1 Å². The van der Waals surface area contributed by atoms with Crippen LogP contribution in [0.1, 0.15) is 27.6 Å². The van der Waals surface area contributed by atoms with Gasteiger partial charge >= 0.3 is 0 Å². The molecule has 1 N–H and O–H groups in total. The topological polar surface area (TPSA) is 60.3 Å². The van der Waals surface area contributed by atoms with Crippen LogP contribution in [0.25, 0.3) is 10.9 Å². The number of methoxy groups -OCH3 is 1. The van der Waals surface area contributed by atoms with Gasteiger partial charge in [-0.15, -0.1) is 0 Å². The maximum Gasteiger partial charge on any atom is 0.253 e. The van der Waals surface area contributed by atoms with Gasteiger partial charge in [-0.1, -0.05) is 30.3 Å². The highest BCUT2D eigenvalue weighted by Gasteiger charge is 2.17. The number of rotatable bonds is 4. The van der Waals surface area contributed by atoms with Crippen LogP contribution in [0.15, 0.2) is 54.7 Å². The van der Waals surface area contributed by atoms with Gasteiger partial charge in [0, 0.05) is 25.1 Å². The number of ether oxygens (including phenoxy) is 1. The smallest absolute Gasteiger partial charge is 0.253 e. The summed E-state index contributed by atoms with van der Waals surface area (Å²) < 4.78 is 6.71. The first-order valence-corrected chi connectivity index (χ1v) is 7.62. The molecule has 0 radical (unpaired) electrons. The second-order valence-electron chi connectivity index (χ2n) is 5.48. The zero-order chi connectivity index (χ0) is 17.1. The molecule has 0 aliphatic heterocycles. The van der Waals surface area contributed by atoms with Crippen LogP contribution in [0, 0.1) is 0 Å². The Bertz CT molecular complexity index is 898. The minimum atomic E-state index is -0.225. The molecule has 5 heteroatoms. The molecule has 3 aromatic rings. The highest BCUT2D eigenvalue weighted by Crippen LogP contribution is 2.26. The van der Waals surface area contributed by atoms with Crippen molar-refractivity contribution in [1.29, 1.82) is 0 Å². The fourth-order valence-electron chi connectivity index (χ4n) is 2.65. The van der Waals surface area contributed by atoms with Crippen LogP contribution in [-0.4, -0.2) is 23.5 Å². The Morgan fingerprint density at radius 3 is 2.54 bits per heavy atom. The molecule has 24 heavy (non-hydrogen) atoms. The number of aromatic nitrogens is 1. The lowest BCUT2D eigenvalue weighted by atomic mass is 10.1. The van der Waals surface area contributed by atoms with E-state index in [-0.39, 0.29) is 11.8 Å². The third-order valence-electron chi connectivity index (χ3n) is 3.89. The van der Waals surface area contributed by atoms with Gasteiger partial charge in [0.15, 0.2) is 0 Å². The standard InChI is InChI=1S/C19H18N2O3/c1-13(22)21-12-17(16-10-15(24-2)8-9-18(16)21)19(23)20-11-14-6-4-3-5-7-14/h3-10,12H,11H2,1-2H3,(H,20,23). The predicted octanol–water partition coefficient (Wildman–Crippen LogP) is 3.24. The van der Waals surface area contributed by atoms with Crippen LogP contribution >= 0.6 is 0 Å². The Hall–Kier alpha value is -3.08. The number of fused-ring (bicyclic) bond motifs is 1. The van der Waals surface area contributed by atoms with Crippen molar-refractivity contribution >= 4 is 22.7 Å². The number of benzene rings is 2. The largest absolute Gasteiger partial charge is 0.497 e. The molecule has 0 unspecified atom stereocenters. The number of amides is 1. The van der Waals surface area contributed by atoms with E-state index in [9.17, 15) is 9.59 Å². The molecule has 0 aliphatic carbocycles. The molecule has 0 bridgehead atoms. The van der Waals surface area contributed by atoms with Gasteiger partial charge in [-0.3, -0.25) is 14.2 Å². The zero-order valence-electron chi connectivity index (χ0n) is 13.6. The lowest BCUT2D eigenvalue weighted by molar-refractivity contribution is 0.0941. The normalized spacial score (nSPS) is 10.6. The SMILES string of the molecule is COc1ccc2c(c1)c(C(=O)NCc1ccccc1)cn2C(C)=O. The average molecular weight is 322 g/mol. The summed E-state index contributed by atoms with van der Waals surface area (Å²) in [7, 11) is 1.57. The Kier molecular flexibility index (Phi) is 4.33. The van der Waals surface area contributed by atoms with Gasteiger partial charge in [0.05, 0.1) is 18.2 Å². The van der Waals surface area contributed by atoms with Crippen molar-refractivity contribution in [2.45, 2.75) is 13.5 Å². The number of nitrogens with zero attached hydrogens (tertiary/aromatic N) is 1. The van der Waals surface area contributed by atoms with Crippen molar-refractivity contribution in [3.8, 4) is 5.75 Å². The Morgan fingerprint density at radius 1 is 1.12 bits per heavy atom. The van der Waals surface area contributed by atoms with E-state index in [2.05, 4.69) is 5.32 Å². The third kappa shape index (κ3) is 3.01. The van der Waals surface area contributed by atoms with Crippen LogP contribution in [0.3, 0.4) is 0 Å². The number of hydrogen-bond acceptors (Lipinski definition) is 3. The Morgan fingerprint density at radius 2 is 1.88 bits per heavy atom. The summed E-state index contributed by atoms with van der Waals surface area (Å²) in [5, 5.41) is 3.58. The molecule has 1 heterocycles. The first-order valence-electron chi connectivity index (χ1n) is 7.62. The number of nitrogens with one attached hydrogen (secondary N) is 1. The van der Waals surface area contributed by atoms with Crippen molar-refractivity contribution in [2.75, 3.05) is 7.11 Å². The van der Waals surface area contributed by atoms with Crippen LogP contribution in [-0.2, 0) is 6.54 Å². The van der Waals surface area contributed by atoms with Crippen molar-refractivity contribution in [1.82, 2.24) is 9.88 Å². The van der Waals surface area contributed by atoms with Crippen LogP contribution in [0.2, 0.25) is 0 Å². The predicted molar refractivity (Wildman–Crippen MR) is 92.4 cm³/mol. The fraction of sp³-hybridized carbons (Fsp3) is 0.158. The van der Waals surface area contributed by atoms with E-state index in [1.807, 2.05) is 30.3 Å². The summed E-state index contributed by atoms with van der Waals surface area (Å²) in [5.41, 5.74) is 2.15. The molecular weight excluding hydrogens is 304 g/mol. The van der Waals surface area contributed by atoms with E-state index in [4.69, 9.17) is 4.74 Å². The number of hydrogen-bond donors (Lipinski definition) is 1. The average Bonchev–Trinajstić information content (AvgIpc) is 2.99. The zero-order valence-corrected chi connectivity index (χ0v) is 13.6. The monoisotopic (exact) mass is 322 g/mol. The van der Waals surface area contributed by atoms with E-state index >= 15 is 0 Å². The molecular formula is C19H18N2O3. The van der Waals surface area contributed by atoms with Crippen LogP contribution < -0.4 is 10.1 Å². The highest BCUT2D eigenvalue weighted by atomic mass is 16.5. The minimum absolute atomic E-state index is 0.146.